The van der Waals surface area contributed by atoms with Crippen molar-refractivity contribution in [2.75, 3.05) is 13.2 Å². The molecular weight excluding hydrogens is 254 g/mol. The SMILES string of the molecule is CCOC(=O)C(C)(CCCCOC1CCC1)NC(C)C. The predicted molar refractivity (Wildman–Crippen MR) is 80.8 cm³/mol. The van der Waals surface area contributed by atoms with E-state index in [1.54, 1.807) is 0 Å². The average Bonchev–Trinajstić information content (AvgIpc) is 2.30. The highest BCUT2D eigenvalue weighted by molar-refractivity contribution is 5.80. The summed E-state index contributed by atoms with van der Waals surface area (Å²) in [5.74, 6) is -0.145. The quantitative estimate of drug-likeness (QED) is 0.495. The standard InChI is InChI=1S/C16H31NO3/c1-5-19-15(18)16(4,17-13(2)3)11-6-7-12-20-14-9-8-10-14/h13-14,17H,5-12H2,1-4H3. The van der Waals surface area contributed by atoms with Crippen LogP contribution >= 0.6 is 0 Å². The molecule has 0 aromatic rings. The lowest BCUT2D eigenvalue weighted by Gasteiger charge is -2.31. The summed E-state index contributed by atoms with van der Waals surface area (Å²) in [6.45, 7) is 9.14. The van der Waals surface area contributed by atoms with Crippen molar-refractivity contribution < 1.29 is 14.3 Å². The summed E-state index contributed by atoms with van der Waals surface area (Å²) in [5, 5.41) is 3.35. The van der Waals surface area contributed by atoms with Crippen LogP contribution in [0.2, 0.25) is 0 Å². The third kappa shape index (κ3) is 5.80. The Morgan fingerprint density at radius 2 is 2.05 bits per heavy atom. The second-order valence-corrected chi connectivity index (χ2v) is 6.23. The number of carbonyl (C=O) groups is 1. The minimum atomic E-state index is -0.583. The molecule has 1 saturated carbocycles. The highest BCUT2D eigenvalue weighted by atomic mass is 16.5. The highest BCUT2D eigenvalue weighted by Gasteiger charge is 2.34. The van der Waals surface area contributed by atoms with Gasteiger partial charge in [0.15, 0.2) is 0 Å². The molecule has 4 heteroatoms. The summed E-state index contributed by atoms with van der Waals surface area (Å²) in [6, 6.07) is 0.260. The van der Waals surface area contributed by atoms with Gasteiger partial charge >= 0.3 is 5.97 Å². The van der Waals surface area contributed by atoms with Gasteiger partial charge in [0, 0.05) is 12.6 Å². The first-order valence-corrected chi connectivity index (χ1v) is 8.04. The van der Waals surface area contributed by atoms with E-state index in [0.29, 0.717) is 12.7 Å². The Bertz CT molecular complexity index is 289. The first-order chi connectivity index (χ1) is 9.48. The van der Waals surface area contributed by atoms with E-state index in [4.69, 9.17) is 9.47 Å². The Morgan fingerprint density at radius 1 is 1.35 bits per heavy atom. The molecule has 1 aliphatic rings. The summed E-state index contributed by atoms with van der Waals surface area (Å²) in [5.41, 5.74) is -0.583. The minimum absolute atomic E-state index is 0.145. The van der Waals surface area contributed by atoms with E-state index in [-0.39, 0.29) is 12.0 Å². The van der Waals surface area contributed by atoms with Crippen LogP contribution in [-0.2, 0) is 14.3 Å². The lowest BCUT2D eigenvalue weighted by molar-refractivity contribution is -0.151. The van der Waals surface area contributed by atoms with E-state index in [1.165, 1.54) is 19.3 Å². The van der Waals surface area contributed by atoms with Crippen molar-refractivity contribution in [3.05, 3.63) is 0 Å². The number of esters is 1. The Hall–Kier alpha value is -0.610. The van der Waals surface area contributed by atoms with Crippen LogP contribution in [0.3, 0.4) is 0 Å². The maximum atomic E-state index is 12.1. The first-order valence-electron chi connectivity index (χ1n) is 8.04. The fourth-order valence-corrected chi connectivity index (χ4v) is 2.53. The van der Waals surface area contributed by atoms with Crippen molar-refractivity contribution in [2.45, 2.75) is 83.9 Å². The summed E-state index contributed by atoms with van der Waals surface area (Å²) in [4.78, 5) is 12.1. The van der Waals surface area contributed by atoms with Crippen molar-refractivity contribution in [3.8, 4) is 0 Å². The van der Waals surface area contributed by atoms with Gasteiger partial charge in [-0.05, 0) is 66.2 Å². The first kappa shape index (κ1) is 17.4. The molecule has 1 rings (SSSR count). The summed E-state index contributed by atoms with van der Waals surface area (Å²) in [6.07, 6.45) is 7.01. The van der Waals surface area contributed by atoms with E-state index in [2.05, 4.69) is 19.2 Å². The highest BCUT2D eigenvalue weighted by Crippen LogP contribution is 2.23. The van der Waals surface area contributed by atoms with Crippen molar-refractivity contribution >= 4 is 5.97 Å². The zero-order chi connectivity index (χ0) is 15.0. The van der Waals surface area contributed by atoms with Gasteiger partial charge in [-0.25, -0.2) is 0 Å². The van der Waals surface area contributed by atoms with Crippen molar-refractivity contribution in [1.82, 2.24) is 5.32 Å². The van der Waals surface area contributed by atoms with Gasteiger partial charge in [0.2, 0.25) is 0 Å². The fourth-order valence-electron chi connectivity index (χ4n) is 2.53. The van der Waals surface area contributed by atoms with Gasteiger partial charge in [0.25, 0.3) is 0 Å². The van der Waals surface area contributed by atoms with E-state index < -0.39 is 5.54 Å². The van der Waals surface area contributed by atoms with Crippen LogP contribution < -0.4 is 5.32 Å². The molecule has 0 amide bonds. The zero-order valence-corrected chi connectivity index (χ0v) is 13.5. The van der Waals surface area contributed by atoms with Crippen LogP contribution in [0.15, 0.2) is 0 Å². The third-order valence-electron chi connectivity index (χ3n) is 3.81. The van der Waals surface area contributed by atoms with Gasteiger partial charge in [-0.1, -0.05) is 0 Å². The van der Waals surface area contributed by atoms with Gasteiger partial charge in [-0.2, -0.15) is 0 Å². The smallest absolute Gasteiger partial charge is 0.326 e. The molecule has 1 atom stereocenters. The number of hydrogen-bond donors (Lipinski definition) is 1. The van der Waals surface area contributed by atoms with Crippen LogP contribution in [0.25, 0.3) is 0 Å². The second-order valence-electron chi connectivity index (χ2n) is 6.23. The number of carbonyl (C=O) groups excluding carboxylic acids is 1. The average molecular weight is 285 g/mol. The number of unbranched alkanes of at least 4 members (excludes halogenated alkanes) is 1. The van der Waals surface area contributed by atoms with Gasteiger partial charge in [-0.3, -0.25) is 10.1 Å². The number of rotatable bonds is 10. The number of hydrogen-bond acceptors (Lipinski definition) is 4. The molecule has 1 fully saturated rings. The van der Waals surface area contributed by atoms with Crippen molar-refractivity contribution in [3.63, 3.8) is 0 Å². The van der Waals surface area contributed by atoms with E-state index >= 15 is 0 Å². The van der Waals surface area contributed by atoms with Crippen LogP contribution in [0.4, 0.5) is 0 Å². The largest absolute Gasteiger partial charge is 0.465 e. The van der Waals surface area contributed by atoms with Crippen LogP contribution in [-0.4, -0.2) is 36.9 Å². The summed E-state index contributed by atoms with van der Waals surface area (Å²) >= 11 is 0. The van der Waals surface area contributed by atoms with Gasteiger partial charge < -0.3 is 9.47 Å². The van der Waals surface area contributed by atoms with E-state index in [0.717, 1.165) is 25.9 Å². The molecule has 0 aromatic heterocycles. The van der Waals surface area contributed by atoms with E-state index in [1.807, 2.05) is 13.8 Å². The molecule has 0 radical (unpaired) electrons. The second kappa shape index (κ2) is 8.63. The van der Waals surface area contributed by atoms with Crippen LogP contribution in [0.5, 0.6) is 0 Å². The van der Waals surface area contributed by atoms with Crippen LogP contribution in [0, 0.1) is 0 Å². The zero-order valence-electron chi connectivity index (χ0n) is 13.5. The normalized spacial score (nSPS) is 18.6. The molecule has 0 aliphatic heterocycles. The molecule has 0 bridgehead atoms. The molecule has 118 valence electrons. The number of ether oxygens (including phenoxy) is 2. The molecule has 1 aliphatic carbocycles. The molecule has 4 nitrogen and oxygen atoms in total. The molecule has 1 N–H and O–H groups in total. The van der Waals surface area contributed by atoms with Crippen molar-refractivity contribution in [1.29, 1.82) is 0 Å². The van der Waals surface area contributed by atoms with Gasteiger partial charge in [-0.15, -0.1) is 0 Å². The number of nitrogens with one attached hydrogen (secondary N) is 1. The Labute approximate surface area is 123 Å². The maximum Gasteiger partial charge on any atom is 0.326 e. The Kier molecular flexibility index (Phi) is 7.52. The van der Waals surface area contributed by atoms with Crippen molar-refractivity contribution in [2.24, 2.45) is 0 Å². The Balaban J connectivity index is 2.29. The van der Waals surface area contributed by atoms with Gasteiger partial charge in [0.05, 0.1) is 12.7 Å². The predicted octanol–water partition coefficient (Wildman–Crippen LogP) is 3.05. The molecule has 0 saturated heterocycles. The minimum Gasteiger partial charge on any atom is -0.465 e. The molecule has 0 heterocycles. The van der Waals surface area contributed by atoms with Crippen LogP contribution in [0.1, 0.15) is 66.2 Å². The monoisotopic (exact) mass is 285 g/mol. The lowest BCUT2D eigenvalue weighted by atomic mass is 9.93. The fraction of sp³-hybridized carbons (Fsp3) is 0.938. The molecule has 20 heavy (non-hydrogen) atoms. The maximum absolute atomic E-state index is 12.1. The molecule has 1 unspecified atom stereocenters. The third-order valence-corrected chi connectivity index (χ3v) is 3.81. The Morgan fingerprint density at radius 3 is 2.55 bits per heavy atom. The van der Waals surface area contributed by atoms with Gasteiger partial charge in [0.1, 0.15) is 5.54 Å². The molecule has 0 spiro atoms. The topological polar surface area (TPSA) is 47.6 Å². The van der Waals surface area contributed by atoms with E-state index in [9.17, 15) is 4.79 Å². The molecular formula is C16H31NO3. The summed E-state index contributed by atoms with van der Waals surface area (Å²) in [7, 11) is 0. The summed E-state index contributed by atoms with van der Waals surface area (Å²) < 4.78 is 10.9. The lowest BCUT2D eigenvalue weighted by Crippen LogP contribution is -2.53. The molecule has 0 aromatic carbocycles.